The molecule has 3 rings (SSSR count). The summed E-state index contributed by atoms with van der Waals surface area (Å²) < 4.78 is 35.3. The molecule has 0 aliphatic heterocycles. The summed E-state index contributed by atoms with van der Waals surface area (Å²) in [6, 6.07) is 5.48. The monoisotopic (exact) mass is 413 g/mol. The standard InChI is InChI=1S/C16H16BrClN4O2/c1-9-21-15(17)14-16(20-8-13(18)22(9)14)19-7-10-4-5-11(23-2)6-12(10)24-3/h4-6,8H,7H2,1-3H3,(H,19,20)/i1D3. The number of methoxy groups -OCH3 is 2. The molecule has 1 N–H and O–H groups in total. The molecule has 2 heterocycles. The zero-order chi connectivity index (χ0) is 19.8. The molecular formula is C16H16BrClN4O2. The van der Waals surface area contributed by atoms with Crippen LogP contribution in [0, 0.1) is 6.85 Å². The van der Waals surface area contributed by atoms with Crippen LogP contribution in [0.3, 0.4) is 0 Å². The van der Waals surface area contributed by atoms with Crippen molar-refractivity contribution in [2.75, 3.05) is 19.5 Å². The molecule has 0 saturated carbocycles. The van der Waals surface area contributed by atoms with E-state index in [9.17, 15) is 0 Å². The van der Waals surface area contributed by atoms with Crippen molar-refractivity contribution in [2.24, 2.45) is 0 Å². The molecule has 0 amide bonds. The zero-order valence-electron chi connectivity index (χ0n) is 15.9. The Morgan fingerprint density at radius 1 is 1.38 bits per heavy atom. The topological polar surface area (TPSA) is 60.7 Å². The van der Waals surface area contributed by atoms with Gasteiger partial charge in [-0.05, 0) is 34.9 Å². The molecule has 126 valence electrons. The van der Waals surface area contributed by atoms with Crippen LogP contribution in [0.1, 0.15) is 15.5 Å². The normalized spacial score (nSPS) is 13.2. The number of hydrogen-bond donors (Lipinski definition) is 1. The largest absolute Gasteiger partial charge is 0.497 e. The lowest BCUT2D eigenvalue weighted by Gasteiger charge is -2.13. The van der Waals surface area contributed by atoms with E-state index in [0.717, 1.165) is 5.56 Å². The molecule has 0 aliphatic rings. The van der Waals surface area contributed by atoms with E-state index in [0.29, 0.717) is 34.0 Å². The third-order valence-corrected chi connectivity index (χ3v) is 4.33. The van der Waals surface area contributed by atoms with Crippen LogP contribution in [0.2, 0.25) is 5.15 Å². The van der Waals surface area contributed by atoms with Crippen molar-refractivity contribution in [3.8, 4) is 11.5 Å². The Balaban J connectivity index is 2.00. The highest BCUT2D eigenvalue weighted by atomic mass is 79.9. The van der Waals surface area contributed by atoms with E-state index in [1.54, 1.807) is 20.3 Å². The lowest BCUT2D eigenvalue weighted by atomic mass is 10.2. The summed E-state index contributed by atoms with van der Waals surface area (Å²) in [5.74, 6) is 1.64. The molecule has 8 heteroatoms. The van der Waals surface area contributed by atoms with Crippen molar-refractivity contribution < 1.29 is 13.6 Å². The fourth-order valence-corrected chi connectivity index (χ4v) is 3.10. The van der Waals surface area contributed by atoms with E-state index >= 15 is 0 Å². The van der Waals surface area contributed by atoms with Gasteiger partial charge < -0.3 is 14.8 Å². The lowest BCUT2D eigenvalue weighted by molar-refractivity contribution is 0.391. The van der Waals surface area contributed by atoms with Crippen LogP contribution in [-0.4, -0.2) is 28.6 Å². The first-order chi connectivity index (χ1) is 12.8. The zero-order valence-corrected chi connectivity index (χ0v) is 15.3. The van der Waals surface area contributed by atoms with Crippen LogP contribution in [-0.2, 0) is 6.54 Å². The number of fused-ring (bicyclic) bond motifs is 1. The van der Waals surface area contributed by atoms with Crippen LogP contribution in [0.5, 0.6) is 11.5 Å². The smallest absolute Gasteiger partial charge is 0.153 e. The quantitative estimate of drug-likeness (QED) is 0.681. The van der Waals surface area contributed by atoms with Gasteiger partial charge in [0.2, 0.25) is 0 Å². The second-order valence-electron chi connectivity index (χ2n) is 4.87. The summed E-state index contributed by atoms with van der Waals surface area (Å²) in [7, 11) is 3.16. The van der Waals surface area contributed by atoms with E-state index < -0.39 is 6.85 Å². The molecule has 0 fully saturated rings. The number of rotatable bonds is 5. The Morgan fingerprint density at radius 2 is 2.21 bits per heavy atom. The molecule has 0 radical (unpaired) electrons. The molecule has 1 aromatic carbocycles. The Labute approximate surface area is 157 Å². The maximum Gasteiger partial charge on any atom is 0.153 e. The van der Waals surface area contributed by atoms with Gasteiger partial charge in [-0.2, -0.15) is 0 Å². The van der Waals surface area contributed by atoms with Crippen LogP contribution in [0.25, 0.3) is 5.52 Å². The van der Waals surface area contributed by atoms with Gasteiger partial charge in [0, 0.05) is 22.3 Å². The maximum absolute atomic E-state index is 7.66. The average molecular weight is 415 g/mol. The maximum atomic E-state index is 7.66. The molecule has 0 atom stereocenters. The first kappa shape index (κ1) is 13.3. The van der Waals surface area contributed by atoms with Gasteiger partial charge >= 0.3 is 0 Å². The molecule has 0 spiro atoms. The van der Waals surface area contributed by atoms with Gasteiger partial charge in [-0.15, -0.1) is 0 Å². The minimum atomic E-state index is -2.42. The third kappa shape index (κ3) is 3.01. The number of hydrogen-bond acceptors (Lipinski definition) is 5. The molecule has 0 unspecified atom stereocenters. The number of aryl methyl sites for hydroxylation is 1. The highest BCUT2D eigenvalue weighted by Crippen LogP contribution is 2.30. The minimum Gasteiger partial charge on any atom is -0.497 e. The lowest BCUT2D eigenvalue weighted by Crippen LogP contribution is -2.06. The fraction of sp³-hybridized carbons (Fsp3) is 0.250. The Bertz CT molecular complexity index is 994. The van der Waals surface area contributed by atoms with Crippen molar-refractivity contribution in [1.29, 1.82) is 0 Å². The van der Waals surface area contributed by atoms with Gasteiger partial charge in [0.15, 0.2) is 5.82 Å². The Hall–Kier alpha value is -1.99. The summed E-state index contributed by atoms with van der Waals surface area (Å²) >= 11 is 9.49. The molecule has 0 bridgehead atoms. The van der Waals surface area contributed by atoms with E-state index in [-0.39, 0.29) is 11.0 Å². The number of aromatic nitrogens is 3. The molecule has 0 aliphatic carbocycles. The van der Waals surface area contributed by atoms with Crippen molar-refractivity contribution in [1.82, 2.24) is 14.4 Å². The number of imidazole rings is 1. The summed E-state index contributed by atoms with van der Waals surface area (Å²) in [5, 5.41) is 3.34. The fourth-order valence-electron chi connectivity index (χ4n) is 2.35. The molecule has 6 nitrogen and oxygen atoms in total. The van der Waals surface area contributed by atoms with Crippen LogP contribution in [0.15, 0.2) is 29.0 Å². The Kier molecular flexibility index (Phi) is 3.81. The van der Waals surface area contributed by atoms with Gasteiger partial charge in [0.1, 0.15) is 32.6 Å². The predicted octanol–water partition coefficient (Wildman–Crippen LogP) is 4.08. The van der Waals surface area contributed by atoms with Crippen LogP contribution >= 0.6 is 27.5 Å². The van der Waals surface area contributed by atoms with Crippen molar-refractivity contribution in [3.63, 3.8) is 0 Å². The van der Waals surface area contributed by atoms with Crippen LogP contribution in [0.4, 0.5) is 5.82 Å². The summed E-state index contributed by atoms with van der Waals surface area (Å²) in [6.45, 7) is -2.03. The predicted molar refractivity (Wildman–Crippen MR) is 97.3 cm³/mol. The van der Waals surface area contributed by atoms with Crippen molar-refractivity contribution in [2.45, 2.75) is 13.4 Å². The van der Waals surface area contributed by atoms with Crippen LogP contribution < -0.4 is 14.8 Å². The summed E-state index contributed by atoms with van der Waals surface area (Å²) in [4.78, 5) is 8.39. The third-order valence-electron chi connectivity index (χ3n) is 3.51. The highest BCUT2D eigenvalue weighted by Gasteiger charge is 2.15. The van der Waals surface area contributed by atoms with Gasteiger partial charge in [0.25, 0.3) is 0 Å². The number of halogens is 2. The number of anilines is 1. The molecule has 3 aromatic rings. The average Bonchev–Trinajstić information content (AvgIpc) is 3.00. The number of nitrogens with zero attached hydrogens (tertiary/aromatic N) is 3. The SMILES string of the molecule is [2H]C([2H])([2H])c1nc(Br)c2c(NCc3ccc(OC)cc3OC)ncc(Cl)n12. The van der Waals surface area contributed by atoms with Crippen molar-refractivity contribution in [3.05, 3.63) is 45.5 Å². The second-order valence-corrected chi connectivity index (χ2v) is 6.01. The van der Waals surface area contributed by atoms with Gasteiger partial charge in [-0.3, -0.25) is 4.40 Å². The summed E-state index contributed by atoms with van der Waals surface area (Å²) in [6.07, 6.45) is 1.38. The number of benzene rings is 1. The van der Waals surface area contributed by atoms with Gasteiger partial charge in [-0.1, -0.05) is 11.6 Å². The van der Waals surface area contributed by atoms with E-state index in [4.69, 9.17) is 25.2 Å². The van der Waals surface area contributed by atoms with Gasteiger partial charge in [-0.25, -0.2) is 9.97 Å². The van der Waals surface area contributed by atoms with E-state index in [1.807, 2.05) is 12.1 Å². The summed E-state index contributed by atoms with van der Waals surface area (Å²) in [5.41, 5.74) is 1.32. The molecule has 0 saturated heterocycles. The Morgan fingerprint density at radius 3 is 2.92 bits per heavy atom. The van der Waals surface area contributed by atoms with E-state index in [1.165, 1.54) is 10.6 Å². The molecule has 24 heavy (non-hydrogen) atoms. The van der Waals surface area contributed by atoms with Crippen molar-refractivity contribution >= 4 is 38.9 Å². The van der Waals surface area contributed by atoms with E-state index in [2.05, 4.69) is 31.2 Å². The first-order valence-corrected chi connectivity index (χ1v) is 8.11. The number of nitrogens with one attached hydrogen (secondary N) is 1. The number of ether oxygens (including phenoxy) is 2. The highest BCUT2D eigenvalue weighted by molar-refractivity contribution is 9.10. The second kappa shape index (κ2) is 6.86. The first-order valence-electron chi connectivity index (χ1n) is 8.44. The minimum absolute atomic E-state index is 0.137. The molecular weight excluding hydrogens is 396 g/mol. The molecule has 2 aromatic heterocycles. The van der Waals surface area contributed by atoms with Gasteiger partial charge in [0.05, 0.1) is 20.4 Å².